The quantitative estimate of drug-likeness (QED) is 0.160. The second kappa shape index (κ2) is 13.3. The average molecular weight is 483 g/mol. The molecule has 1 aromatic carbocycles. The van der Waals surface area contributed by atoms with E-state index in [2.05, 4.69) is 45.9 Å². The molecule has 3 unspecified atom stereocenters. The van der Waals surface area contributed by atoms with E-state index in [-0.39, 0.29) is 11.3 Å². The zero-order valence-corrected chi connectivity index (χ0v) is 23.3. The maximum absolute atomic E-state index is 6.42. The van der Waals surface area contributed by atoms with Gasteiger partial charge < -0.3 is 18.1 Å². The molecule has 2 rings (SSSR count). The van der Waals surface area contributed by atoms with Crippen LogP contribution in [0.3, 0.4) is 0 Å². The fraction of sp³-hybridized carbons (Fsp3) is 0.692. The number of rotatable bonds is 13. The smallest absolute Gasteiger partial charge is 0.226 e. The minimum Gasteiger partial charge on any atom is -0.447 e. The van der Waals surface area contributed by atoms with Crippen molar-refractivity contribution in [3.8, 4) is 11.5 Å². The van der Waals surface area contributed by atoms with Crippen LogP contribution in [0.1, 0.15) is 96.1 Å². The molecular formula is C26H44O4P2. The van der Waals surface area contributed by atoms with Crippen molar-refractivity contribution in [2.24, 2.45) is 0 Å². The van der Waals surface area contributed by atoms with Crippen molar-refractivity contribution in [1.29, 1.82) is 0 Å². The largest absolute Gasteiger partial charge is 0.447 e. The van der Waals surface area contributed by atoms with E-state index in [1.807, 2.05) is 13.3 Å². The Kier molecular flexibility index (Phi) is 11.5. The lowest BCUT2D eigenvalue weighted by Gasteiger charge is -2.31. The van der Waals surface area contributed by atoms with Gasteiger partial charge in [0.2, 0.25) is 16.8 Å². The maximum atomic E-state index is 6.42. The molecule has 0 radical (unpaired) electrons. The number of hydrogen-bond donors (Lipinski definition) is 0. The van der Waals surface area contributed by atoms with Gasteiger partial charge in [-0.2, -0.15) is 0 Å². The Morgan fingerprint density at radius 1 is 0.969 bits per heavy atom. The Morgan fingerprint density at radius 3 is 2.06 bits per heavy atom. The van der Waals surface area contributed by atoms with E-state index >= 15 is 0 Å². The number of benzene rings is 1. The summed E-state index contributed by atoms with van der Waals surface area (Å²) >= 11 is 0. The molecule has 182 valence electrons. The van der Waals surface area contributed by atoms with Gasteiger partial charge in [0.05, 0.1) is 0 Å². The molecule has 4 nitrogen and oxygen atoms in total. The van der Waals surface area contributed by atoms with Gasteiger partial charge >= 0.3 is 0 Å². The predicted octanol–water partition coefficient (Wildman–Crippen LogP) is 9.08. The summed E-state index contributed by atoms with van der Waals surface area (Å²) in [6.45, 7) is 13.2. The molecule has 1 aliphatic carbocycles. The lowest BCUT2D eigenvalue weighted by atomic mass is 9.78. The van der Waals surface area contributed by atoms with Crippen molar-refractivity contribution in [1.82, 2.24) is 0 Å². The Bertz CT molecular complexity index is 714. The minimum atomic E-state index is -1.01. The van der Waals surface area contributed by atoms with E-state index in [9.17, 15) is 0 Å². The summed E-state index contributed by atoms with van der Waals surface area (Å²) in [6, 6.07) is 4.50. The van der Waals surface area contributed by atoms with E-state index in [0.717, 1.165) is 29.9 Å². The van der Waals surface area contributed by atoms with Crippen LogP contribution in [0, 0.1) is 0 Å². The first-order valence-corrected chi connectivity index (χ1v) is 15.2. The second-order valence-corrected chi connectivity index (χ2v) is 12.4. The van der Waals surface area contributed by atoms with Crippen LogP contribution in [0.5, 0.6) is 11.5 Å². The van der Waals surface area contributed by atoms with Gasteiger partial charge in [-0.15, -0.1) is 0 Å². The number of allylic oxidation sites excluding steroid dienone is 2. The van der Waals surface area contributed by atoms with Crippen molar-refractivity contribution in [2.45, 2.75) is 90.4 Å². The van der Waals surface area contributed by atoms with Crippen LogP contribution in [-0.2, 0) is 14.5 Å². The fourth-order valence-electron chi connectivity index (χ4n) is 4.34. The highest BCUT2D eigenvalue weighted by Gasteiger charge is 2.29. The number of hydrogen-bond acceptors (Lipinski definition) is 4. The van der Waals surface area contributed by atoms with Gasteiger partial charge in [-0.3, -0.25) is 0 Å². The van der Waals surface area contributed by atoms with Crippen LogP contribution in [0.15, 0.2) is 23.8 Å². The first kappa shape index (κ1) is 27.6. The summed E-state index contributed by atoms with van der Waals surface area (Å²) in [7, 11) is 1.42. The van der Waals surface area contributed by atoms with E-state index in [1.54, 1.807) is 14.2 Å². The Labute approximate surface area is 199 Å². The molecule has 0 N–H and O–H groups in total. The molecule has 1 aliphatic rings. The monoisotopic (exact) mass is 482 g/mol. The van der Waals surface area contributed by atoms with Crippen LogP contribution in [-0.4, -0.2) is 27.5 Å². The molecule has 0 spiro atoms. The first-order valence-electron chi connectivity index (χ1n) is 12.0. The van der Waals surface area contributed by atoms with E-state index in [4.69, 9.17) is 18.1 Å². The summed E-state index contributed by atoms with van der Waals surface area (Å²) < 4.78 is 23.9. The summed E-state index contributed by atoms with van der Waals surface area (Å²) in [5.41, 5.74) is 3.88. The molecule has 0 bridgehead atoms. The normalized spacial score (nSPS) is 18.8. The molecule has 0 aliphatic heterocycles. The van der Waals surface area contributed by atoms with Gasteiger partial charge in [0.1, 0.15) is 11.5 Å². The molecule has 32 heavy (non-hydrogen) atoms. The fourth-order valence-corrected chi connectivity index (χ4v) is 5.34. The van der Waals surface area contributed by atoms with Gasteiger partial charge in [0.15, 0.2) is 0 Å². The number of unbranched alkanes of at least 4 members (excludes halogenated alkanes) is 3. The van der Waals surface area contributed by atoms with Crippen molar-refractivity contribution in [3.63, 3.8) is 0 Å². The molecule has 0 saturated heterocycles. The zero-order valence-electron chi connectivity index (χ0n) is 21.5. The summed E-state index contributed by atoms with van der Waals surface area (Å²) in [5, 5.41) is 0. The van der Waals surface area contributed by atoms with Gasteiger partial charge in [-0.25, -0.2) is 0 Å². The molecule has 3 atom stereocenters. The third kappa shape index (κ3) is 7.98. The molecule has 0 amide bonds. The van der Waals surface area contributed by atoms with Crippen molar-refractivity contribution in [2.75, 3.05) is 27.5 Å². The van der Waals surface area contributed by atoms with Crippen molar-refractivity contribution < 1.29 is 18.1 Å². The average Bonchev–Trinajstić information content (AvgIpc) is 2.76. The molecule has 0 fully saturated rings. The SMILES string of the molecule is CCCCCCC(C)(C)c1cc(OP(C)OC)c(C2C=C(C)CCC2)c(OP(C)OC)c1. The molecule has 1 aromatic rings. The topological polar surface area (TPSA) is 36.9 Å². The summed E-state index contributed by atoms with van der Waals surface area (Å²) in [4.78, 5) is 0. The van der Waals surface area contributed by atoms with Gasteiger partial charge in [-0.1, -0.05) is 58.1 Å². The van der Waals surface area contributed by atoms with Gasteiger partial charge in [0.25, 0.3) is 0 Å². The summed E-state index contributed by atoms with van der Waals surface area (Å²) in [6.07, 6.45) is 12.1. The zero-order chi connectivity index (χ0) is 23.7. The third-order valence-corrected chi connectivity index (χ3v) is 8.39. The van der Waals surface area contributed by atoms with Gasteiger partial charge in [0, 0.05) is 39.0 Å². The van der Waals surface area contributed by atoms with E-state index in [1.165, 1.54) is 49.7 Å². The standard InChI is InChI=1S/C26H44O4P2/c1-9-10-11-12-16-26(3,4)22-18-23(29-31(7)27-5)25(21-15-13-14-20(2)17-21)24(19-22)30-32(8)28-6/h17-19,21H,9-16H2,1-8H3. The Morgan fingerprint density at radius 2 is 1.56 bits per heavy atom. The van der Waals surface area contributed by atoms with Crippen LogP contribution >= 0.6 is 16.8 Å². The molecular weight excluding hydrogens is 438 g/mol. The van der Waals surface area contributed by atoms with Crippen LogP contribution < -0.4 is 9.05 Å². The van der Waals surface area contributed by atoms with Gasteiger partial charge in [-0.05, 0) is 55.7 Å². The van der Waals surface area contributed by atoms with Crippen molar-refractivity contribution >= 4 is 16.8 Å². The molecule has 0 aromatic heterocycles. The third-order valence-electron chi connectivity index (χ3n) is 6.45. The van der Waals surface area contributed by atoms with E-state index in [0.29, 0.717) is 0 Å². The lowest BCUT2D eigenvalue weighted by molar-refractivity contribution is 0.387. The lowest BCUT2D eigenvalue weighted by Crippen LogP contribution is -2.18. The highest BCUT2D eigenvalue weighted by molar-refractivity contribution is 7.47. The van der Waals surface area contributed by atoms with E-state index < -0.39 is 16.8 Å². The molecule has 6 heteroatoms. The van der Waals surface area contributed by atoms with Crippen LogP contribution in [0.4, 0.5) is 0 Å². The summed E-state index contributed by atoms with van der Waals surface area (Å²) in [5.74, 6) is 2.10. The van der Waals surface area contributed by atoms with Crippen LogP contribution in [0.2, 0.25) is 0 Å². The van der Waals surface area contributed by atoms with Crippen molar-refractivity contribution in [3.05, 3.63) is 34.9 Å². The predicted molar refractivity (Wildman–Crippen MR) is 140 cm³/mol. The van der Waals surface area contributed by atoms with Crippen LogP contribution in [0.25, 0.3) is 0 Å². The highest BCUT2D eigenvalue weighted by Crippen LogP contribution is 2.50. The maximum Gasteiger partial charge on any atom is 0.226 e. The second-order valence-electron chi connectivity index (χ2n) is 9.52. The first-order chi connectivity index (χ1) is 15.2. The highest BCUT2D eigenvalue weighted by atomic mass is 31.2. The Balaban J connectivity index is 2.55. The Hall–Kier alpha value is -0.660. The minimum absolute atomic E-state index is 0.0357. The molecule has 0 saturated carbocycles. The molecule has 0 heterocycles.